The zero-order valence-corrected chi connectivity index (χ0v) is 13.8. The number of carbonyl (C=O) groups is 2. The van der Waals surface area contributed by atoms with E-state index in [4.69, 9.17) is 4.74 Å². The maximum atomic E-state index is 12.5. The molecule has 3 rings (SSSR count). The number of anilines is 1. The number of carbonyl (C=O) groups excluding carboxylic acids is 2. The molecule has 0 fully saturated rings. The molecule has 2 amide bonds. The van der Waals surface area contributed by atoms with Crippen LogP contribution in [0.25, 0.3) is 0 Å². The van der Waals surface area contributed by atoms with Gasteiger partial charge in [-0.2, -0.15) is 0 Å². The van der Waals surface area contributed by atoms with Crippen molar-refractivity contribution in [3.8, 4) is 5.75 Å². The Morgan fingerprint density at radius 3 is 2.75 bits per heavy atom. The van der Waals surface area contributed by atoms with Gasteiger partial charge in [0.05, 0.1) is 5.69 Å². The second-order valence-corrected chi connectivity index (χ2v) is 5.90. The molecule has 0 spiro atoms. The first-order valence-corrected chi connectivity index (χ1v) is 7.93. The normalized spacial score (nSPS) is 14.6. The highest BCUT2D eigenvalue weighted by Gasteiger charge is 2.32. The Balaban J connectivity index is 1.76. The van der Waals surface area contributed by atoms with Crippen molar-refractivity contribution in [1.29, 1.82) is 0 Å². The van der Waals surface area contributed by atoms with Crippen LogP contribution in [0.3, 0.4) is 0 Å². The van der Waals surface area contributed by atoms with E-state index in [9.17, 15) is 9.59 Å². The average Bonchev–Trinajstić information content (AvgIpc) is 2.60. The summed E-state index contributed by atoms with van der Waals surface area (Å²) in [6.45, 7) is 4.06. The first-order valence-electron chi connectivity index (χ1n) is 7.93. The van der Waals surface area contributed by atoms with Gasteiger partial charge in [-0.1, -0.05) is 36.4 Å². The minimum Gasteiger partial charge on any atom is -0.482 e. The van der Waals surface area contributed by atoms with Crippen LogP contribution in [0.2, 0.25) is 0 Å². The smallest absolute Gasteiger partial charge is 0.265 e. The number of aryl methyl sites for hydroxylation is 1. The molecule has 1 N–H and O–H groups in total. The van der Waals surface area contributed by atoms with E-state index < -0.39 is 6.04 Å². The predicted molar refractivity (Wildman–Crippen MR) is 91.9 cm³/mol. The highest BCUT2D eigenvalue weighted by atomic mass is 16.5. The molecule has 24 heavy (non-hydrogen) atoms. The molecule has 124 valence electrons. The molecule has 0 saturated carbocycles. The van der Waals surface area contributed by atoms with Crippen molar-refractivity contribution in [3.63, 3.8) is 0 Å². The van der Waals surface area contributed by atoms with Crippen LogP contribution in [0.1, 0.15) is 18.1 Å². The molecular formula is C19H20N2O3. The first kappa shape index (κ1) is 16.1. The summed E-state index contributed by atoms with van der Waals surface area (Å²) in [6, 6.07) is 14.7. The number of nitrogens with one attached hydrogen (secondary N) is 1. The molecule has 0 bridgehead atoms. The van der Waals surface area contributed by atoms with E-state index in [1.165, 1.54) is 4.90 Å². The molecule has 2 aromatic rings. The molecule has 0 aliphatic carbocycles. The summed E-state index contributed by atoms with van der Waals surface area (Å²) in [6.07, 6.45) is 0. The van der Waals surface area contributed by atoms with Crippen molar-refractivity contribution in [1.82, 2.24) is 5.32 Å². The number of ether oxygens (including phenoxy) is 1. The summed E-state index contributed by atoms with van der Waals surface area (Å²) in [5, 5.41) is 2.89. The summed E-state index contributed by atoms with van der Waals surface area (Å²) in [5.74, 6) is 0.222. The Labute approximate surface area is 141 Å². The van der Waals surface area contributed by atoms with E-state index in [0.29, 0.717) is 18.0 Å². The fourth-order valence-electron chi connectivity index (χ4n) is 2.76. The van der Waals surface area contributed by atoms with Gasteiger partial charge in [0.2, 0.25) is 5.91 Å². The third kappa shape index (κ3) is 3.25. The van der Waals surface area contributed by atoms with Crippen molar-refractivity contribution in [2.45, 2.75) is 26.4 Å². The van der Waals surface area contributed by atoms with Crippen LogP contribution in [0.15, 0.2) is 48.5 Å². The van der Waals surface area contributed by atoms with E-state index >= 15 is 0 Å². The molecule has 5 heteroatoms. The predicted octanol–water partition coefficient (Wildman–Crippen LogP) is 2.43. The van der Waals surface area contributed by atoms with Gasteiger partial charge in [0.1, 0.15) is 11.8 Å². The molecule has 1 atom stereocenters. The van der Waals surface area contributed by atoms with Gasteiger partial charge in [-0.15, -0.1) is 0 Å². The highest BCUT2D eigenvalue weighted by Crippen LogP contribution is 2.34. The lowest BCUT2D eigenvalue weighted by Gasteiger charge is -2.33. The first-order chi connectivity index (χ1) is 11.6. The van der Waals surface area contributed by atoms with Crippen LogP contribution in [-0.4, -0.2) is 24.5 Å². The average molecular weight is 324 g/mol. The SMILES string of the molecule is Cc1ccc2c(c1)N(C(C)C(=O)NCc1ccccc1)C(=O)CO2. The Morgan fingerprint density at radius 1 is 1.25 bits per heavy atom. The molecule has 0 aromatic heterocycles. The van der Waals surface area contributed by atoms with Crippen LogP contribution in [0.4, 0.5) is 5.69 Å². The molecule has 1 aliphatic heterocycles. The van der Waals surface area contributed by atoms with E-state index in [1.807, 2.05) is 55.5 Å². The van der Waals surface area contributed by atoms with Gasteiger partial charge in [0, 0.05) is 6.54 Å². The molecule has 1 unspecified atom stereocenters. The maximum absolute atomic E-state index is 12.5. The van der Waals surface area contributed by atoms with E-state index in [1.54, 1.807) is 6.92 Å². The molecule has 2 aromatic carbocycles. The van der Waals surface area contributed by atoms with Crippen LogP contribution in [0, 0.1) is 6.92 Å². The molecule has 1 heterocycles. The van der Waals surface area contributed by atoms with Crippen molar-refractivity contribution >= 4 is 17.5 Å². The second kappa shape index (κ2) is 6.74. The van der Waals surface area contributed by atoms with Gasteiger partial charge in [-0.25, -0.2) is 0 Å². The monoisotopic (exact) mass is 324 g/mol. The van der Waals surface area contributed by atoms with Gasteiger partial charge in [0.15, 0.2) is 6.61 Å². The van der Waals surface area contributed by atoms with Crippen LogP contribution < -0.4 is 15.0 Å². The molecule has 5 nitrogen and oxygen atoms in total. The summed E-state index contributed by atoms with van der Waals surface area (Å²) in [4.78, 5) is 26.3. The summed E-state index contributed by atoms with van der Waals surface area (Å²) >= 11 is 0. The number of nitrogens with zero attached hydrogens (tertiary/aromatic N) is 1. The van der Waals surface area contributed by atoms with E-state index in [-0.39, 0.29) is 18.4 Å². The highest BCUT2D eigenvalue weighted by molar-refractivity contribution is 6.03. The minimum atomic E-state index is -0.606. The summed E-state index contributed by atoms with van der Waals surface area (Å²) < 4.78 is 5.46. The Bertz CT molecular complexity index is 758. The van der Waals surface area contributed by atoms with Gasteiger partial charge in [-0.3, -0.25) is 14.5 Å². The van der Waals surface area contributed by atoms with Gasteiger partial charge in [-0.05, 0) is 37.1 Å². The van der Waals surface area contributed by atoms with E-state index in [2.05, 4.69) is 5.32 Å². The quantitative estimate of drug-likeness (QED) is 0.940. The van der Waals surface area contributed by atoms with Crippen molar-refractivity contribution in [2.75, 3.05) is 11.5 Å². The largest absolute Gasteiger partial charge is 0.482 e. The number of benzene rings is 2. The zero-order valence-electron chi connectivity index (χ0n) is 13.8. The minimum absolute atomic E-state index is 0.0492. The lowest BCUT2D eigenvalue weighted by Crippen LogP contribution is -2.51. The Morgan fingerprint density at radius 2 is 2.00 bits per heavy atom. The van der Waals surface area contributed by atoms with Crippen LogP contribution >= 0.6 is 0 Å². The van der Waals surface area contributed by atoms with Crippen molar-refractivity contribution in [2.24, 2.45) is 0 Å². The summed E-state index contributed by atoms with van der Waals surface area (Å²) in [5.41, 5.74) is 2.67. The van der Waals surface area contributed by atoms with Crippen LogP contribution in [-0.2, 0) is 16.1 Å². The molecule has 0 saturated heterocycles. The second-order valence-electron chi connectivity index (χ2n) is 5.90. The lowest BCUT2D eigenvalue weighted by atomic mass is 10.1. The fourth-order valence-corrected chi connectivity index (χ4v) is 2.76. The van der Waals surface area contributed by atoms with Crippen LogP contribution in [0.5, 0.6) is 5.75 Å². The van der Waals surface area contributed by atoms with Crippen molar-refractivity contribution < 1.29 is 14.3 Å². The third-order valence-corrected chi connectivity index (χ3v) is 4.07. The Hall–Kier alpha value is -2.82. The standard InChI is InChI=1S/C19H20N2O3/c1-13-8-9-17-16(10-13)21(18(22)12-24-17)14(2)19(23)20-11-15-6-4-3-5-7-15/h3-10,14H,11-12H2,1-2H3,(H,20,23). The topological polar surface area (TPSA) is 58.6 Å². The van der Waals surface area contributed by atoms with Gasteiger partial charge in [0.25, 0.3) is 5.91 Å². The molecule has 0 radical (unpaired) electrons. The molecule has 1 aliphatic rings. The Kier molecular flexibility index (Phi) is 4.51. The fraction of sp³-hybridized carbons (Fsp3) is 0.263. The van der Waals surface area contributed by atoms with Gasteiger partial charge < -0.3 is 10.1 Å². The van der Waals surface area contributed by atoms with Gasteiger partial charge >= 0.3 is 0 Å². The number of hydrogen-bond donors (Lipinski definition) is 1. The lowest BCUT2D eigenvalue weighted by molar-refractivity contribution is -0.127. The molecular weight excluding hydrogens is 304 g/mol. The third-order valence-electron chi connectivity index (χ3n) is 4.07. The number of amides is 2. The number of fused-ring (bicyclic) bond motifs is 1. The maximum Gasteiger partial charge on any atom is 0.265 e. The zero-order chi connectivity index (χ0) is 17.1. The number of hydrogen-bond acceptors (Lipinski definition) is 3. The number of rotatable bonds is 4. The van der Waals surface area contributed by atoms with E-state index in [0.717, 1.165) is 11.1 Å². The summed E-state index contributed by atoms with van der Waals surface area (Å²) in [7, 11) is 0. The van der Waals surface area contributed by atoms with Crippen molar-refractivity contribution in [3.05, 3.63) is 59.7 Å².